The lowest BCUT2D eigenvalue weighted by Crippen LogP contribution is -2.35. The van der Waals surface area contributed by atoms with E-state index < -0.39 is 6.10 Å². The van der Waals surface area contributed by atoms with E-state index >= 15 is 0 Å². The van der Waals surface area contributed by atoms with Gasteiger partial charge < -0.3 is 9.84 Å². The van der Waals surface area contributed by atoms with E-state index in [2.05, 4.69) is 0 Å². The zero-order chi connectivity index (χ0) is 9.84. The molecule has 1 saturated carbocycles. The molecule has 76 valence electrons. The molecule has 2 unspecified atom stereocenters. The predicted molar refractivity (Wildman–Crippen MR) is 49.2 cm³/mol. The van der Waals surface area contributed by atoms with E-state index in [0.29, 0.717) is 0 Å². The molecule has 0 radical (unpaired) electrons. The first-order chi connectivity index (χ1) is 6.11. The molecule has 2 atom stereocenters. The number of hydrogen-bond donors (Lipinski definition) is 1. The Morgan fingerprint density at radius 1 is 1.38 bits per heavy atom. The van der Waals surface area contributed by atoms with E-state index in [1.165, 1.54) is 0 Å². The van der Waals surface area contributed by atoms with Crippen molar-refractivity contribution in [3.05, 3.63) is 0 Å². The Hall–Kier alpha value is -0.570. The van der Waals surface area contributed by atoms with Crippen molar-refractivity contribution in [2.45, 2.75) is 51.7 Å². The Kier molecular flexibility index (Phi) is 3.72. The average molecular weight is 186 g/mol. The number of carbonyl (C=O) groups excluding carboxylic acids is 1. The number of aliphatic hydroxyl groups is 1. The van der Waals surface area contributed by atoms with Gasteiger partial charge in [0.05, 0.1) is 12.0 Å². The van der Waals surface area contributed by atoms with Crippen molar-refractivity contribution in [2.24, 2.45) is 5.92 Å². The van der Waals surface area contributed by atoms with Crippen LogP contribution in [0.1, 0.15) is 39.5 Å². The minimum Gasteiger partial charge on any atom is -0.459 e. The van der Waals surface area contributed by atoms with Crippen molar-refractivity contribution in [1.29, 1.82) is 0 Å². The van der Waals surface area contributed by atoms with Crippen LogP contribution in [0.3, 0.4) is 0 Å². The largest absolute Gasteiger partial charge is 0.459 e. The second-order valence-corrected chi connectivity index (χ2v) is 3.98. The van der Waals surface area contributed by atoms with Gasteiger partial charge >= 0.3 is 5.97 Å². The van der Waals surface area contributed by atoms with Crippen LogP contribution in [-0.4, -0.2) is 23.3 Å². The summed E-state index contributed by atoms with van der Waals surface area (Å²) in [5.74, 6) is -0.305. The molecule has 0 aliphatic heterocycles. The van der Waals surface area contributed by atoms with E-state index in [1.807, 2.05) is 0 Å². The maximum Gasteiger partial charge on any atom is 0.308 e. The first kappa shape index (κ1) is 10.5. The highest BCUT2D eigenvalue weighted by Crippen LogP contribution is 2.21. The van der Waals surface area contributed by atoms with Gasteiger partial charge in [0, 0.05) is 0 Å². The monoisotopic (exact) mass is 186 g/mol. The van der Waals surface area contributed by atoms with Gasteiger partial charge in [-0.3, -0.25) is 4.79 Å². The topological polar surface area (TPSA) is 46.5 Å². The van der Waals surface area contributed by atoms with Gasteiger partial charge in [-0.25, -0.2) is 0 Å². The van der Waals surface area contributed by atoms with Crippen molar-refractivity contribution in [3.8, 4) is 0 Å². The molecule has 1 N–H and O–H groups in total. The van der Waals surface area contributed by atoms with Gasteiger partial charge in [0.1, 0.15) is 6.10 Å². The summed E-state index contributed by atoms with van der Waals surface area (Å²) in [7, 11) is 0. The van der Waals surface area contributed by atoms with Crippen LogP contribution in [0.2, 0.25) is 0 Å². The second kappa shape index (κ2) is 4.61. The Morgan fingerprint density at radius 2 is 2.00 bits per heavy atom. The lowest BCUT2D eigenvalue weighted by atomic mass is 9.95. The number of aliphatic hydroxyl groups excluding tert-OH is 1. The van der Waals surface area contributed by atoms with Gasteiger partial charge in [-0.1, -0.05) is 20.3 Å². The van der Waals surface area contributed by atoms with Crippen LogP contribution in [0.15, 0.2) is 0 Å². The van der Waals surface area contributed by atoms with Crippen LogP contribution in [0, 0.1) is 5.92 Å². The van der Waals surface area contributed by atoms with Gasteiger partial charge in [0.25, 0.3) is 0 Å². The van der Waals surface area contributed by atoms with Gasteiger partial charge in [-0.05, 0) is 19.3 Å². The molecule has 3 heteroatoms. The van der Waals surface area contributed by atoms with E-state index in [-0.39, 0.29) is 18.0 Å². The number of rotatable bonds is 2. The molecule has 1 aliphatic carbocycles. The van der Waals surface area contributed by atoms with Crippen molar-refractivity contribution in [1.82, 2.24) is 0 Å². The summed E-state index contributed by atoms with van der Waals surface area (Å²) in [5.41, 5.74) is 0. The second-order valence-electron chi connectivity index (χ2n) is 3.98. The summed E-state index contributed by atoms with van der Waals surface area (Å²) in [6.45, 7) is 3.61. The Morgan fingerprint density at radius 3 is 2.54 bits per heavy atom. The van der Waals surface area contributed by atoms with Gasteiger partial charge in [-0.2, -0.15) is 0 Å². The minimum absolute atomic E-state index is 0.103. The van der Waals surface area contributed by atoms with E-state index in [1.54, 1.807) is 13.8 Å². The molecule has 0 amide bonds. The molecular weight excluding hydrogens is 168 g/mol. The van der Waals surface area contributed by atoms with Gasteiger partial charge in [-0.15, -0.1) is 0 Å². The Labute approximate surface area is 79.1 Å². The number of esters is 1. The molecule has 1 fully saturated rings. The third kappa shape index (κ3) is 2.99. The molecule has 0 bridgehead atoms. The molecule has 0 saturated heterocycles. The van der Waals surface area contributed by atoms with E-state index in [0.717, 1.165) is 25.7 Å². The fourth-order valence-electron chi connectivity index (χ4n) is 1.50. The normalized spacial score (nSPS) is 28.9. The molecular formula is C10H18O3. The number of hydrogen-bond acceptors (Lipinski definition) is 3. The molecule has 0 spiro atoms. The highest BCUT2D eigenvalue weighted by atomic mass is 16.6. The van der Waals surface area contributed by atoms with Crippen molar-refractivity contribution >= 4 is 5.97 Å². The summed E-state index contributed by atoms with van der Waals surface area (Å²) >= 11 is 0. The number of carbonyl (C=O) groups is 1. The quantitative estimate of drug-likeness (QED) is 0.664. The van der Waals surface area contributed by atoms with Crippen molar-refractivity contribution < 1.29 is 14.6 Å². The summed E-state index contributed by atoms with van der Waals surface area (Å²) in [4.78, 5) is 11.2. The van der Waals surface area contributed by atoms with E-state index in [4.69, 9.17) is 4.74 Å². The molecule has 3 nitrogen and oxygen atoms in total. The first-order valence-corrected chi connectivity index (χ1v) is 5.00. The predicted octanol–water partition coefficient (Wildman–Crippen LogP) is 1.49. The fourth-order valence-corrected chi connectivity index (χ4v) is 1.50. The average Bonchev–Trinajstić information content (AvgIpc) is 2.08. The van der Waals surface area contributed by atoms with Crippen LogP contribution >= 0.6 is 0 Å². The SMILES string of the molecule is CC(C)C(=O)OC1CCCCC1O. The summed E-state index contributed by atoms with van der Waals surface area (Å²) in [6, 6.07) is 0. The molecule has 1 aliphatic rings. The van der Waals surface area contributed by atoms with Crippen molar-refractivity contribution in [3.63, 3.8) is 0 Å². The van der Waals surface area contributed by atoms with Crippen LogP contribution in [-0.2, 0) is 9.53 Å². The maximum atomic E-state index is 11.2. The van der Waals surface area contributed by atoms with Gasteiger partial charge in [0.15, 0.2) is 0 Å². The molecule has 0 heterocycles. The van der Waals surface area contributed by atoms with Crippen molar-refractivity contribution in [2.75, 3.05) is 0 Å². The zero-order valence-corrected chi connectivity index (χ0v) is 8.32. The summed E-state index contributed by atoms with van der Waals surface area (Å²) in [5, 5.41) is 9.52. The lowest BCUT2D eigenvalue weighted by Gasteiger charge is -2.27. The standard InChI is InChI=1S/C10H18O3/c1-7(2)10(12)13-9-6-4-3-5-8(9)11/h7-9,11H,3-6H2,1-2H3. The van der Waals surface area contributed by atoms with Crippen LogP contribution in [0.25, 0.3) is 0 Å². The third-order valence-electron chi connectivity index (χ3n) is 2.41. The molecule has 13 heavy (non-hydrogen) atoms. The van der Waals surface area contributed by atoms with Gasteiger partial charge in [0.2, 0.25) is 0 Å². The van der Waals surface area contributed by atoms with Crippen LogP contribution in [0.4, 0.5) is 0 Å². The highest BCUT2D eigenvalue weighted by Gasteiger charge is 2.26. The molecule has 1 rings (SSSR count). The highest BCUT2D eigenvalue weighted by molar-refractivity contribution is 5.71. The summed E-state index contributed by atoms with van der Waals surface area (Å²) in [6.07, 6.45) is 2.94. The molecule has 0 aromatic heterocycles. The van der Waals surface area contributed by atoms with Crippen LogP contribution in [0.5, 0.6) is 0 Å². The Balaban J connectivity index is 2.38. The fraction of sp³-hybridized carbons (Fsp3) is 0.900. The molecule has 0 aromatic rings. The third-order valence-corrected chi connectivity index (χ3v) is 2.41. The Bertz CT molecular complexity index is 177. The minimum atomic E-state index is -0.448. The number of ether oxygens (including phenoxy) is 1. The first-order valence-electron chi connectivity index (χ1n) is 5.00. The van der Waals surface area contributed by atoms with Crippen LogP contribution < -0.4 is 0 Å². The lowest BCUT2D eigenvalue weighted by molar-refractivity contribution is -0.161. The van der Waals surface area contributed by atoms with E-state index in [9.17, 15) is 9.90 Å². The molecule has 0 aromatic carbocycles. The smallest absolute Gasteiger partial charge is 0.308 e. The zero-order valence-electron chi connectivity index (χ0n) is 8.32. The summed E-state index contributed by atoms with van der Waals surface area (Å²) < 4.78 is 5.18. The maximum absolute atomic E-state index is 11.2.